The second-order valence-electron chi connectivity index (χ2n) is 8.24. The van der Waals surface area contributed by atoms with Crippen molar-refractivity contribution < 1.29 is 27.5 Å². The molecule has 0 N–H and O–H groups in total. The number of amides is 1. The van der Waals surface area contributed by atoms with E-state index in [4.69, 9.17) is 4.74 Å². The van der Waals surface area contributed by atoms with E-state index in [0.717, 1.165) is 38.0 Å². The summed E-state index contributed by atoms with van der Waals surface area (Å²) in [5.74, 6) is -0.536. The molecule has 1 unspecified atom stereocenters. The molecule has 1 aromatic rings. The largest absolute Gasteiger partial charge is 0.461 e. The lowest BCUT2D eigenvalue weighted by Gasteiger charge is -2.36. The summed E-state index contributed by atoms with van der Waals surface area (Å²) in [6, 6.07) is 1.97. The molecule has 9 heteroatoms. The van der Waals surface area contributed by atoms with E-state index >= 15 is 0 Å². The first kappa shape index (κ1) is 20.1. The van der Waals surface area contributed by atoms with Gasteiger partial charge in [0.05, 0.1) is 11.0 Å². The molecule has 3 aliphatic rings. The Kier molecular flexibility index (Phi) is 5.27. The van der Waals surface area contributed by atoms with Gasteiger partial charge >= 0.3 is 12.1 Å². The number of carbonyl (C=O) groups is 2. The molecule has 1 spiro atoms. The molecule has 3 fully saturated rings. The molecule has 1 amide bonds. The van der Waals surface area contributed by atoms with E-state index in [0.29, 0.717) is 32.4 Å². The van der Waals surface area contributed by atoms with Crippen molar-refractivity contribution in [3.05, 3.63) is 29.6 Å². The number of rotatable bonds is 3. The zero-order valence-corrected chi connectivity index (χ0v) is 16.1. The van der Waals surface area contributed by atoms with Crippen molar-refractivity contribution >= 4 is 11.9 Å². The highest BCUT2D eigenvalue weighted by Gasteiger charge is 2.51. The highest BCUT2D eigenvalue weighted by atomic mass is 19.4. The van der Waals surface area contributed by atoms with Gasteiger partial charge in [0.15, 0.2) is 0 Å². The van der Waals surface area contributed by atoms with Crippen LogP contribution in [0.2, 0.25) is 0 Å². The molecule has 0 radical (unpaired) electrons. The molecular formula is C20H24F3N3O3. The van der Waals surface area contributed by atoms with Crippen molar-refractivity contribution in [1.29, 1.82) is 0 Å². The normalized spacial score (nSPS) is 24.9. The van der Waals surface area contributed by atoms with Gasteiger partial charge in [0.1, 0.15) is 11.8 Å². The third-order valence-corrected chi connectivity index (χ3v) is 6.29. The first-order valence-corrected chi connectivity index (χ1v) is 10.0. The average molecular weight is 411 g/mol. The van der Waals surface area contributed by atoms with Crippen molar-refractivity contribution in [3.8, 4) is 0 Å². The lowest BCUT2D eigenvalue weighted by atomic mass is 9.76. The zero-order valence-electron chi connectivity index (χ0n) is 16.1. The number of pyridine rings is 1. The maximum absolute atomic E-state index is 12.6. The SMILES string of the molecule is O=C(c1ccc(C(F)(F)F)nc1)N1CCC2(CC1)CC(CN1CCCC1)OC2=O. The van der Waals surface area contributed by atoms with Crippen LogP contribution >= 0.6 is 0 Å². The minimum atomic E-state index is -4.53. The van der Waals surface area contributed by atoms with Crippen LogP contribution < -0.4 is 0 Å². The highest BCUT2D eigenvalue weighted by molar-refractivity contribution is 5.94. The lowest BCUT2D eigenvalue weighted by Crippen LogP contribution is -2.45. The molecule has 3 saturated heterocycles. The van der Waals surface area contributed by atoms with E-state index in [-0.39, 0.29) is 23.5 Å². The van der Waals surface area contributed by atoms with Gasteiger partial charge in [-0.15, -0.1) is 0 Å². The Hall–Kier alpha value is -2.16. The van der Waals surface area contributed by atoms with E-state index in [1.807, 2.05) is 0 Å². The summed E-state index contributed by atoms with van der Waals surface area (Å²) < 4.78 is 43.6. The summed E-state index contributed by atoms with van der Waals surface area (Å²) >= 11 is 0. The fourth-order valence-electron chi connectivity index (χ4n) is 4.61. The molecule has 3 aliphatic heterocycles. The van der Waals surface area contributed by atoms with Crippen molar-refractivity contribution in [2.24, 2.45) is 5.41 Å². The average Bonchev–Trinajstić information content (AvgIpc) is 3.30. The van der Waals surface area contributed by atoms with Gasteiger partial charge in [-0.05, 0) is 50.9 Å². The fraction of sp³-hybridized carbons (Fsp3) is 0.650. The molecule has 1 atom stereocenters. The highest BCUT2D eigenvalue weighted by Crippen LogP contribution is 2.43. The van der Waals surface area contributed by atoms with Crippen molar-refractivity contribution in [3.63, 3.8) is 0 Å². The molecule has 0 bridgehead atoms. The molecule has 4 rings (SSSR count). The second-order valence-corrected chi connectivity index (χ2v) is 8.24. The Labute approximate surface area is 167 Å². The van der Waals surface area contributed by atoms with Gasteiger partial charge in [0.2, 0.25) is 0 Å². The van der Waals surface area contributed by atoms with Crippen LogP contribution in [0, 0.1) is 5.41 Å². The van der Waals surface area contributed by atoms with Gasteiger partial charge < -0.3 is 9.64 Å². The van der Waals surface area contributed by atoms with E-state index in [1.165, 1.54) is 12.8 Å². The number of cyclic esters (lactones) is 1. The molecule has 6 nitrogen and oxygen atoms in total. The Morgan fingerprint density at radius 1 is 1.17 bits per heavy atom. The van der Waals surface area contributed by atoms with Crippen LogP contribution in [0.5, 0.6) is 0 Å². The van der Waals surface area contributed by atoms with Crippen LogP contribution in [-0.2, 0) is 15.7 Å². The number of ether oxygens (including phenoxy) is 1. The monoisotopic (exact) mass is 411 g/mol. The molecule has 0 aromatic carbocycles. The molecule has 158 valence electrons. The first-order chi connectivity index (χ1) is 13.8. The molecular weight excluding hydrogens is 387 g/mol. The summed E-state index contributed by atoms with van der Waals surface area (Å²) in [5, 5.41) is 0. The molecule has 0 saturated carbocycles. The van der Waals surface area contributed by atoms with Crippen molar-refractivity contribution in [2.75, 3.05) is 32.7 Å². The summed E-state index contributed by atoms with van der Waals surface area (Å²) in [4.78, 5) is 32.4. The van der Waals surface area contributed by atoms with Crippen LogP contribution in [0.4, 0.5) is 13.2 Å². The number of esters is 1. The number of aromatic nitrogens is 1. The first-order valence-electron chi connectivity index (χ1n) is 10.0. The van der Waals surface area contributed by atoms with Gasteiger partial charge in [-0.3, -0.25) is 19.5 Å². The summed E-state index contributed by atoms with van der Waals surface area (Å²) in [6.07, 6.45) is 0.403. The zero-order chi connectivity index (χ0) is 20.6. The van der Waals surface area contributed by atoms with Gasteiger partial charge in [-0.1, -0.05) is 0 Å². The van der Waals surface area contributed by atoms with Crippen LogP contribution in [0.15, 0.2) is 18.3 Å². The minimum Gasteiger partial charge on any atom is -0.461 e. The summed E-state index contributed by atoms with van der Waals surface area (Å²) in [5.41, 5.74) is -1.45. The smallest absolute Gasteiger partial charge is 0.433 e. The van der Waals surface area contributed by atoms with Crippen molar-refractivity contribution in [2.45, 2.75) is 44.4 Å². The van der Waals surface area contributed by atoms with Gasteiger partial charge in [0, 0.05) is 32.3 Å². The van der Waals surface area contributed by atoms with Crippen LogP contribution in [0.1, 0.15) is 48.2 Å². The predicted octanol–water partition coefficient (Wildman–Crippen LogP) is 2.73. The standard InChI is InChI=1S/C20H24F3N3O3/c21-20(22,23)16-4-3-14(12-24-16)17(27)26-9-5-19(6-10-26)11-15(29-18(19)28)13-25-7-1-2-8-25/h3-4,12,15H,1-2,5-11,13H2. The van der Waals surface area contributed by atoms with Crippen LogP contribution in [-0.4, -0.2) is 65.5 Å². The number of hydrogen-bond donors (Lipinski definition) is 0. The molecule has 4 heterocycles. The van der Waals surface area contributed by atoms with E-state index in [1.54, 1.807) is 4.90 Å². The summed E-state index contributed by atoms with van der Waals surface area (Å²) in [6.45, 7) is 3.62. The topological polar surface area (TPSA) is 62.7 Å². The number of likely N-dealkylation sites (tertiary alicyclic amines) is 2. The third kappa shape index (κ3) is 4.10. The Bertz CT molecular complexity index is 767. The fourth-order valence-corrected chi connectivity index (χ4v) is 4.61. The van der Waals surface area contributed by atoms with Gasteiger partial charge in [0.25, 0.3) is 5.91 Å². The lowest BCUT2D eigenvalue weighted by molar-refractivity contribution is -0.151. The number of alkyl halides is 3. The number of hydrogen-bond acceptors (Lipinski definition) is 5. The van der Waals surface area contributed by atoms with Crippen LogP contribution in [0.3, 0.4) is 0 Å². The third-order valence-electron chi connectivity index (χ3n) is 6.29. The molecule has 1 aromatic heterocycles. The second kappa shape index (κ2) is 7.59. The molecule has 29 heavy (non-hydrogen) atoms. The maximum atomic E-state index is 12.6. The quantitative estimate of drug-likeness (QED) is 0.716. The maximum Gasteiger partial charge on any atom is 0.433 e. The molecule has 0 aliphatic carbocycles. The Balaban J connectivity index is 1.35. The Morgan fingerprint density at radius 2 is 1.86 bits per heavy atom. The predicted molar refractivity (Wildman–Crippen MR) is 97.0 cm³/mol. The number of halogens is 3. The number of carbonyl (C=O) groups excluding carboxylic acids is 2. The van der Waals surface area contributed by atoms with Crippen molar-refractivity contribution in [1.82, 2.24) is 14.8 Å². The Morgan fingerprint density at radius 3 is 2.45 bits per heavy atom. The van der Waals surface area contributed by atoms with Crippen LogP contribution in [0.25, 0.3) is 0 Å². The van der Waals surface area contributed by atoms with Gasteiger partial charge in [-0.2, -0.15) is 13.2 Å². The number of nitrogens with zero attached hydrogens (tertiary/aromatic N) is 3. The van der Waals surface area contributed by atoms with Gasteiger partial charge in [-0.25, -0.2) is 0 Å². The number of piperidine rings is 1. The summed E-state index contributed by atoms with van der Waals surface area (Å²) in [7, 11) is 0. The van der Waals surface area contributed by atoms with E-state index in [2.05, 4.69) is 9.88 Å². The van der Waals surface area contributed by atoms with E-state index in [9.17, 15) is 22.8 Å². The minimum absolute atomic E-state index is 0.0954. The van der Waals surface area contributed by atoms with E-state index < -0.39 is 17.3 Å².